The summed E-state index contributed by atoms with van der Waals surface area (Å²) in [4.78, 5) is 2.26. The van der Waals surface area contributed by atoms with E-state index >= 15 is 0 Å². The van der Waals surface area contributed by atoms with Gasteiger partial charge in [0.1, 0.15) is 11.6 Å². The molecule has 1 heterocycles. The van der Waals surface area contributed by atoms with Crippen molar-refractivity contribution >= 4 is 5.69 Å². The van der Waals surface area contributed by atoms with Crippen molar-refractivity contribution in [3.63, 3.8) is 0 Å². The van der Waals surface area contributed by atoms with Gasteiger partial charge in [0.15, 0.2) is 0 Å². The fourth-order valence-electron chi connectivity index (χ4n) is 3.83. The summed E-state index contributed by atoms with van der Waals surface area (Å²) in [5.74, 6) is 0.574. The van der Waals surface area contributed by atoms with Crippen LogP contribution in [0.2, 0.25) is 0 Å². The highest BCUT2D eigenvalue weighted by Crippen LogP contribution is 2.37. The van der Waals surface area contributed by atoms with Crippen molar-refractivity contribution in [2.75, 3.05) is 25.1 Å². The van der Waals surface area contributed by atoms with Crippen LogP contribution in [0, 0.1) is 5.82 Å². The minimum absolute atomic E-state index is 0.149. The molecule has 0 amide bonds. The lowest BCUT2D eigenvalue weighted by Gasteiger charge is -2.47. The van der Waals surface area contributed by atoms with Gasteiger partial charge in [0, 0.05) is 30.7 Å². The lowest BCUT2D eigenvalue weighted by molar-refractivity contribution is 0.266. The third-order valence-electron chi connectivity index (χ3n) is 5.12. The summed E-state index contributed by atoms with van der Waals surface area (Å²) in [7, 11) is 1.63. The van der Waals surface area contributed by atoms with Crippen LogP contribution in [0.3, 0.4) is 0 Å². The minimum atomic E-state index is -0.149. The molecule has 4 heteroatoms. The zero-order chi connectivity index (χ0) is 14.9. The van der Waals surface area contributed by atoms with E-state index < -0.39 is 0 Å². The molecule has 2 aliphatic rings. The Hall–Kier alpha value is -1.29. The Balaban J connectivity index is 1.92. The van der Waals surface area contributed by atoms with Crippen LogP contribution in [-0.2, 0) is 0 Å². The summed E-state index contributed by atoms with van der Waals surface area (Å²) in [5.41, 5.74) is 0.871. The summed E-state index contributed by atoms with van der Waals surface area (Å²) in [6.45, 7) is 4.01. The molecule has 3 nitrogen and oxygen atoms in total. The lowest BCUT2D eigenvalue weighted by atomic mass is 9.91. The van der Waals surface area contributed by atoms with Gasteiger partial charge in [0.25, 0.3) is 0 Å². The minimum Gasteiger partial charge on any atom is -0.497 e. The van der Waals surface area contributed by atoms with Crippen molar-refractivity contribution in [2.45, 2.75) is 50.6 Å². The average molecular weight is 292 g/mol. The molecular weight excluding hydrogens is 267 g/mol. The van der Waals surface area contributed by atoms with Gasteiger partial charge >= 0.3 is 0 Å². The molecule has 1 aliphatic carbocycles. The molecule has 1 atom stereocenters. The Bertz CT molecular complexity index is 500. The monoisotopic (exact) mass is 292 g/mol. The highest BCUT2D eigenvalue weighted by atomic mass is 19.1. The van der Waals surface area contributed by atoms with Gasteiger partial charge in [-0.2, -0.15) is 0 Å². The van der Waals surface area contributed by atoms with E-state index in [2.05, 4.69) is 17.1 Å². The van der Waals surface area contributed by atoms with Crippen LogP contribution in [0.1, 0.15) is 39.0 Å². The Morgan fingerprint density at radius 2 is 2.14 bits per heavy atom. The predicted octanol–water partition coefficient (Wildman–Crippen LogP) is 3.34. The molecule has 21 heavy (non-hydrogen) atoms. The van der Waals surface area contributed by atoms with E-state index in [-0.39, 0.29) is 11.4 Å². The van der Waals surface area contributed by atoms with Crippen molar-refractivity contribution < 1.29 is 9.13 Å². The van der Waals surface area contributed by atoms with Crippen molar-refractivity contribution in [2.24, 2.45) is 0 Å². The van der Waals surface area contributed by atoms with Gasteiger partial charge in [-0.1, -0.05) is 19.8 Å². The molecule has 1 aromatic carbocycles. The number of nitrogens with one attached hydrogen (secondary N) is 1. The number of hydrogen-bond donors (Lipinski definition) is 1. The van der Waals surface area contributed by atoms with Crippen LogP contribution < -0.4 is 15.0 Å². The van der Waals surface area contributed by atoms with Crippen molar-refractivity contribution in [1.82, 2.24) is 5.32 Å². The number of benzene rings is 1. The van der Waals surface area contributed by atoms with E-state index in [9.17, 15) is 4.39 Å². The van der Waals surface area contributed by atoms with Crippen LogP contribution in [0.5, 0.6) is 5.75 Å². The maximum atomic E-state index is 14.4. The number of ether oxygens (including phenoxy) is 1. The molecule has 0 radical (unpaired) electrons. The van der Waals surface area contributed by atoms with Gasteiger partial charge in [-0.05, 0) is 31.4 Å². The van der Waals surface area contributed by atoms with E-state index in [0.717, 1.165) is 25.3 Å². The van der Waals surface area contributed by atoms with Crippen LogP contribution >= 0.6 is 0 Å². The smallest absolute Gasteiger partial charge is 0.146 e. The molecule has 1 aliphatic heterocycles. The molecule has 1 saturated carbocycles. The molecule has 2 fully saturated rings. The molecular formula is C17H25FN2O. The zero-order valence-electron chi connectivity index (χ0n) is 13.0. The zero-order valence-corrected chi connectivity index (χ0v) is 13.0. The molecule has 1 N–H and O–H groups in total. The first-order valence-electron chi connectivity index (χ1n) is 8.03. The Morgan fingerprint density at radius 3 is 2.81 bits per heavy atom. The molecule has 0 bridgehead atoms. The first-order chi connectivity index (χ1) is 10.2. The number of methoxy groups -OCH3 is 1. The number of piperazine rings is 1. The van der Waals surface area contributed by atoms with Crippen molar-refractivity contribution in [3.8, 4) is 5.75 Å². The summed E-state index contributed by atoms with van der Waals surface area (Å²) in [5, 5.41) is 3.75. The summed E-state index contributed by atoms with van der Waals surface area (Å²) < 4.78 is 19.6. The van der Waals surface area contributed by atoms with Crippen molar-refractivity contribution in [1.29, 1.82) is 0 Å². The van der Waals surface area contributed by atoms with Crippen LogP contribution in [-0.4, -0.2) is 31.8 Å². The first kappa shape index (κ1) is 14.6. The molecule has 1 spiro atoms. The highest BCUT2D eigenvalue weighted by molar-refractivity contribution is 5.54. The van der Waals surface area contributed by atoms with E-state index in [1.54, 1.807) is 13.2 Å². The first-order valence-corrected chi connectivity index (χ1v) is 8.03. The van der Waals surface area contributed by atoms with Crippen LogP contribution in [0.25, 0.3) is 0 Å². The van der Waals surface area contributed by atoms with Crippen molar-refractivity contribution in [3.05, 3.63) is 24.0 Å². The van der Waals surface area contributed by atoms with E-state index in [4.69, 9.17) is 4.74 Å². The maximum absolute atomic E-state index is 14.4. The third kappa shape index (κ3) is 2.73. The largest absolute Gasteiger partial charge is 0.497 e. The van der Waals surface area contributed by atoms with Gasteiger partial charge in [-0.3, -0.25) is 0 Å². The van der Waals surface area contributed by atoms with Gasteiger partial charge in [-0.25, -0.2) is 4.39 Å². The SMILES string of the molecule is CCC1CNC2(CCCC2)CN1c1cc(OC)ccc1F. The second-order valence-corrected chi connectivity index (χ2v) is 6.38. The quantitative estimate of drug-likeness (QED) is 0.925. The Morgan fingerprint density at radius 1 is 1.38 bits per heavy atom. The second kappa shape index (κ2) is 5.84. The number of nitrogens with zero attached hydrogens (tertiary/aromatic N) is 1. The summed E-state index contributed by atoms with van der Waals surface area (Å²) in [6.07, 6.45) is 5.97. The molecule has 1 unspecified atom stereocenters. The Labute approximate surface area is 126 Å². The number of halogens is 1. The fraction of sp³-hybridized carbons (Fsp3) is 0.647. The normalized spacial score (nSPS) is 24.5. The molecule has 0 aromatic heterocycles. The van der Waals surface area contributed by atoms with Crippen LogP contribution in [0.4, 0.5) is 10.1 Å². The topological polar surface area (TPSA) is 24.5 Å². The number of anilines is 1. The van der Waals surface area contributed by atoms with E-state index in [1.807, 2.05) is 6.07 Å². The van der Waals surface area contributed by atoms with Gasteiger partial charge in [0.05, 0.1) is 12.8 Å². The van der Waals surface area contributed by atoms with Gasteiger partial charge < -0.3 is 15.0 Å². The third-order valence-corrected chi connectivity index (χ3v) is 5.12. The summed E-state index contributed by atoms with van der Waals surface area (Å²) >= 11 is 0. The van der Waals surface area contributed by atoms with Gasteiger partial charge in [-0.15, -0.1) is 0 Å². The lowest BCUT2D eigenvalue weighted by Crippen LogP contribution is -2.63. The standard InChI is InChI=1S/C17H25FN2O/c1-3-13-11-19-17(8-4-5-9-17)12-20(13)16-10-14(21-2)6-7-15(16)18/h6-7,10,13,19H,3-5,8-9,11-12H2,1-2H3. The molecule has 116 valence electrons. The molecule has 3 rings (SSSR count). The van der Waals surface area contributed by atoms with E-state index in [1.165, 1.54) is 31.7 Å². The Kier molecular flexibility index (Phi) is 4.07. The van der Waals surface area contributed by atoms with Crippen LogP contribution in [0.15, 0.2) is 18.2 Å². The molecule has 1 aromatic rings. The number of rotatable bonds is 3. The van der Waals surface area contributed by atoms with E-state index in [0.29, 0.717) is 11.7 Å². The average Bonchev–Trinajstić information content (AvgIpc) is 2.96. The second-order valence-electron chi connectivity index (χ2n) is 6.38. The molecule has 1 saturated heterocycles. The highest BCUT2D eigenvalue weighted by Gasteiger charge is 2.41. The summed E-state index contributed by atoms with van der Waals surface area (Å²) in [6, 6.07) is 5.39. The number of hydrogen-bond acceptors (Lipinski definition) is 3. The fourth-order valence-corrected chi connectivity index (χ4v) is 3.83. The predicted molar refractivity (Wildman–Crippen MR) is 83.6 cm³/mol. The van der Waals surface area contributed by atoms with Gasteiger partial charge in [0.2, 0.25) is 0 Å². The maximum Gasteiger partial charge on any atom is 0.146 e.